The van der Waals surface area contributed by atoms with Crippen molar-refractivity contribution in [2.45, 2.75) is 30.2 Å². The molecule has 7 heteroatoms. The number of phenolic OH excluding ortho intramolecular Hbond substituents is 1. The van der Waals surface area contributed by atoms with Gasteiger partial charge in [-0.05, 0) is 30.2 Å². The highest BCUT2D eigenvalue weighted by atomic mass is 32.2. The number of hydrogen-bond acceptors (Lipinski definition) is 5. The van der Waals surface area contributed by atoms with Gasteiger partial charge in [0.15, 0.2) is 5.16 Å². The number of benzene rings is 2. The normalized spacial score (nSPS) is 15.7. The molecule has 1 amide bonds. The summed E-state index contributed by atoms with van der Waals surface area (Å²) in [5, 5.41) is 13.2. The van der Waals surface area contributed by atoms with Crippen LogP contribution in [-0.2, 0) is 17.6 Å². The first-order valence-electron chi connectivity index (χ1n) is 9.30. The second-order valence-corrected chi connectivity index (χ2v) is 8.14. The number of aromatic hydroxyl groups is 1. The number of amides is 1. The molecule has 0 saturated carbocycles. The second kappa shape index (κ2) is 7.75. The van der Waals surface area contributed by atoms with E-state index < -0.39 is 5.92 Å². The smallest absolute Gasteiger partial charge is 0.279 e. The number of rotatable bonds is 4. The van der Waals surface area contributed by atoms with Crippen molar-refractivity contribution in [1.29, 1.82) is 0 Å². The molecule has 2 N–H and O–H groups in total. The van der Waals surface area contributed by atoms with Gasteiger partial charge in [0.25, 0.3) is 5.56 Å². The Hall–Kier alpha value is -3.06. The van der Waals surface area contributed by atoms with Crippen LogP contribution in [0, 0.1) is 6.92 Å². The predicted molar refractivity (Wildman–Crippen MR) is 113 cm³/mol. The third kappa shape index (κ3) is 3.91. The average Bonchev–Trinajstić information content (AvgIpc) is 2.70. The molecule has 1 aliphatic heterocycles. The Labute approximate surface area is 172 Å². The summed E-state index contributed by atoms with van der Waals surface area (Å²) in [5.74, 6) is 0.643. The van der Waals surface area contributed by atoms with Crippen LogP contribution >= 0.6 is 11.8 Å². The van der Waals surface area contributed by atoms with Gasteiger partial charge in [0, 0.05) is 25.1 Å². The lowest BCUT2D eigenvalue weighted by atomic mass is 9.86. The van der Waals surface area contributed by atoms with Crippen molar-refractivity contribution in [3.63, 3.8) is 0 Å². The van der Waals surface area contributed by atoms with Gasteiger partial charge in [-0.15, -0.1) is 0 Å². The van der Waals surface area contributed by atoms with E-state index in [1.165, 1.54) is 17.3 Å². The van der Waals surface area contributed by atoms with Gasteiger partial charge in [-0.2, -0.15) is 4.98 Å². The van der Waals surface area contributed by atoms with Gasteiger partial charge in [-0.3, -0.25) is 9.59 Å². The Balaban J connectivity index is 1.71. The fraction of sp³-hybridized carbons (Fsp3) is 0.227. The summed E-state index contributed by atoms with van der Waals surface area (Å²) in [5.41, 5.74) is 3.16. The number of nitrogens with one attached hydrogen (secondary N) is 1. The van der Waals surface area contributed by atoms with E-state index in [2.05, 4.69) is 34.6 Å². The standard InChI is InChI=1S/C22H21N3O3S/c1-13-6-8-14(9-7-13)12-29-22-24-21(28)19-17(15-4-3-5-16(26)10-15)11-18(27)23-20(19)25(22)2/h3-10,17,26H,11-12H2,1-2H3,(H,23,27)/t17-/m0/s1. The Kier molecular flexibility index (Phi) is 5.15. The van der Waals surface area contributed by atoms with E-state index in [1.54, 1.807) is 29.8 Å². The zero-order chi connectivity index (χ0) is 20.5. The Bertz CT molecular complexity index is 1140. The number of phenols is 1. The van der Waals surface area contributed by atoms with E-state index in [0.717, 1.165) is 11.1 Å². The lowest BCUT2D eigenvalue weighted by Gasteiger charge is -2.27. The fourth-order valence-electron chi connectivity index (χ4n) is 3.52. The monoisotopic (exact) mass is 407 g/mol. The minimum atomic E-state index is -0.437. The van der Waals surface area contributed by atoms with Crippen LogP contribution in [0.3, 0.4) is 0 Å². The summed E-state index contributed by atoms with van der Waals surface area (Å²) in [6.45, 7) is 2.04. The Morgan fingerprint density at radius 3 is 2.69 bits per heavy atom. The minimum absolute atomic E-state index is 0.102. The number of aryl methyl sites for hydroxylation is 1. The summed E-state index contributed by atoms with van der Waals surface area (Å²) in [6.07, 6.45) is 0.142. The average molecular weight is 407 g/mol. The lowest BCUT2D eigenvalue weighted by molar-refractivity contribution is -0.116. The van der Waals surface area contributed by atoms with Gasteiger partial charge in [0.1, 0.15) is 11.6 Å². The number of thioether (sulfide) groups is 1. The van der Waals surface area contributed by atoms with E-state index in [0.29, 0.717) is 22.3 Å². The van der Waals surface area contributed by atoms with Crippen LogP contribution in [-0.4, -0.2) is 20.6 Å². The maximum atomic E-state index is 12.9. The Morgan fingerprint density at radius 2 is 1.97 bits per heavy atom. The SMILES string of the molecule is Cc1ccc(CSc2nc(=O)c3c(n2C)NC(=O)C[C@H]3c2cccc(O)c2)cc1. The van der Waals surface area contributed by atoms with Gasteiger partial charge in [-0.25, -0.2) is 0 Å². The zero-order valence-corrected chi connectivity index (χ0v) is 17.0. The summed E-state index contributed by atoms with van der Waals surface area (Å²) in [7, 11) is 1.80. The Morgan fingerprint density at radius 1 is 1.21 bits per heavy atom. The number of carbonyl (C=O) groups excluding carboxylic acids is 1. The van der Waals surface area contributed by atoms with Crippen molar-refractivity contribution in [2.24, 2.45) is 7.05 Å². The molecule has 0 saturated heterocycles. The van der Waals surface area contributed by atoms with Crippen molar-refractivity contribution in [3.05, 3.63) is 81.1 Å². The first-order valence-corrected chi connectivity index (χ1v) is 10.3. The summed E-state index contributed by atoms with van der Waals surface area (Å²) >= 11 is 1.45. The third-order valence-electron chi connectivity index (χ3n) is 5.06. The molecule has 0 fully saturated rings. The van der Waals surface area contributed by atoms with Crippen molar-refractivity contribution >= 4 is 23.5 Å². The van der Waals surface area contributed by atoms with Gasteiger partial charge in [0.05, 0.1) is 5.56 Å². The van der Waals surface area contributed by atoms with E-state index in [9.17, 15) is 14.7 Å². The van der Waals surface area contributed by atoms with E-state index in [-0.39, 0.29) is 23.6 Å². The van der Waals surface area contributed by atoms with E-state index >= 15 is 0 Å². The molecular weight excluding hydrogens is 386 g/mol. The highest BCUT2D eigenvalue weighted by molar-refractivity contribution is 7.98. The number of fused-ring (bicyclic) bond motifs is 1. The first kappa shape index (κ1) is 19.3. The van der Waals surface area contributed by atoms with Crippen LogP contribution in [0.15, 0.2) is 58.5 Å². The molecule has 0 spiro atoms. The molecule has 2 heterocycles. The molecule has 0 bridgehead atoms. The van der Waals surface area contributed by atoms with Gasteiger partial charge < -0.3 is 15.0 Å². The van der Waals surface area contributed by atoms with Crippen molar-refractivity contribution < 1.29 is 9.90 Å². The quantitative estimate of drug-likeness (QED) is 0.510. The van der Waals surface area contributed by atoms with Crippen molar-refractivity contribution in [2.75, 3.05) is 5.32 Å². The molecule has 1 atom stereocenters. The summed E-state index contributed by atoms with van der Waals surface area (Å²) in [6, 6.07) is 14.9. The molecule has 4 rings (SSSR count). The molecule has 0 unspecified atom stereocenters. The fourth-order valence-corrected chi connectivity index (χ4v) is 4.44. The molecule has 0 aliphatic carbocycles. The summed E-state index contributed by atoms with van der Waals surface area (Å²) in [4.78, 5) is 29.6. The molecule has 148 valence electrons. The van der Waals surface area contributed by atoms with Crippen LogP contribution < -0.4 is 10.9 Å². The second-order valence-electron chi connectivity index (χ2n) is 7.19. The molecular formula is C22H21N3O3S. The van der Waals surface area contributed by atoms with Crippen molar-refractivity contribution in [3.8, 4) is 5.75 Å². The predicted octanol–water partition coefficient (Wildman–Crippen LogP) is 3.56. The molecule has 0 radical (unpaired) electrons. The van der Waals surface area contributed by atoms with Crippen LogP contribution in [0.1, 0.15) is 34.6 Å². The van der Waals surface area contributed by atoms with E-state index in [4.69, 9.17) is 0 Å². The topological polar surface area (TPSA) is 84.2 Å². The van der Waals surface area contributed by atoms with Crippen LogP contribution in [0.25, 0.3) is 0 Å². The first-order chi connectivity index (χ1) is 13.9. The number of nitrogens with zero attached hydrogens (tertiary/aromatic N) is 2. The lowest BCUT2D eigenvalue weighted by Crippen LogP contribution is -2.33. The molecule has 3 aromatic rings. The highest BCUT2D eigenvalue weighted by Crippen LogP contribution is 2.36. The summed E-state index contributed by atoms with van der Waals surface area (Å²) < 4.78 is 1.77. The minimum Gasteiger partial charge on any atom is -0.508 e. The number of carbonyl (C=O) groups is 1. The molecule has 1 aliphatic rings. The van der Waals surface area contributed by atoms with Crippen molar-refractivity contribution in [1.82, 2.24) is 9.55 Å². The van der Waals surface area contributed by atoms with Gasteiger partial charge in [-0.1, -0.05) is 53.7 Å². The number of aromatic nitrogens is 2. The maximum absolute atomic E-state index is 12.9. The van der Waals surface area contributed by atoms with E-state index in [1.807, 2.05) is 13.0 Å². The zero-order valence-electron chi connectivity index (χ0n) is 16.2. The van der Waals surface area contributed by atoms with Crippen LogP contribution in [0.5, 0.6) is 5.75 Å². The van der Waals surface area contributed by atoms with Gasteiger partial charge in [0.2, 0.25) is 5.91 Å². The molecule has 1 aromatic heterocycles. The van der Waals surface area contributed by atoms with Gasteiger partial charge >= 0.3 is 0 Å². The maximum Gasteiger partial charge on any atom is 0.279 e. The number of anilines is 1. The molecule has 29 heavy (non-hydrogen) atoms. The van der Waals surface area contributed by atoms with Crippen LogP contribution in [0.4, 0.5) is 5.82 Å². The van der Waals surface area contributed by atoms with Crippen LogP contribution in [0.2, 0.25) is 0 Å². The largest absolute Gasteiger partial charge is 0.508 e. The third-order valence-corrected chi connectivity index (χ3v) is 6.16. The highest BCUT2D eigenvalue weighted by Gasteiger charge is 2.32. The number of hydrogen-bond donors (Lipinski definition) is 2. The molecule has 6 nitrogen and oxygen atoms in total. The molecule has 2 aromatic carbocycles.